The summed E-state index contributed by atoms with van der Waals surface area (Å²) in [5, 5.41) is 1.17. The lowest BCUT2D eigenvalue weighted by atomic mass is 10.0. The van der Waals surface area contributed by atoms with E-state index in [1.54, 1.807) is 18.5 Å². The fraction of sp³-hybridized carbons (Fsp3) is 0.136. The molecule has 130 valence electrons. The Hall–Kier alpha value is -2.98. The van der Waals surface area contributed by atoms with Gasteiger partial charge in [0.15, 0.2) is 0 Å². The fourth-order valence-corrected chi connectivity index (χ4v) is 3.39. The molecule has 0 unspecified atom stereocenters. The number of nitrogens with zero attached hydrogens (tertiary/aromatic N) is 2. The normalized spacial score (nSPS) is 11.2. The molecular formula is C22H20FN3. The molecule has 0 atom stereocenters. The van der Waals surface area contributed by atoms with E-state index in [1.165, 1.54) is 17.0 Å². The summed E-state index contributed by atoms with van der Waals surface area (Å²) in [4.78, 5) is 4.08. The van der Waals surface area contributed by atoms with Crippen molar-refractivity contribution in [1.29, 1.82) is 0 Å². The van der Waals surface area contributed by atoms with Crippen molar-refractivity contribution in [2.45, 2.75) is 13.0 Å². The van der Waals surface area contributed by atoms with Gasteiger partial charge in [0.1, 0.15) is 5.82 Å². The highest BCUT2D eigenvalue weighted by Crippen LogP contribution is 2.28. The van der Waals surface area contributed by atoms with Crippen LogP contribution in [0, 0.1) is 5.82 Å². The van der Waals surface area contributed by atoms with E-state index in [0.29, 0.717) is 18.7 Å². The number of fused-ring (bicyclic) bond motifs is 1. The predicted octanol–water partition coefficient (Wildman–Crippen LogP) is 4.39. The van der Waals surface area contributed by atoms with E-state index < -0.39 is 0 Å². The summed E-state index contributed by atoms with van der Waals surface area (Å²) < 4.78 is 16.2. The number of pyridine rings is 1. The van der Waals surface area contributed by atoms with E-state index in [-0.39, 0.29) is 5.82 Å². The molecule has 0 saturated heterocycles. The molecule has 0 spiro atoms. The molecule has 0 aliphatic rings. The van der Waals surface area contributed by atoms with Crippen molar-refractivity contribution in [3.8, 4) is 11.1 Å². The zero-order chi connectivity index (χ0) is 17.9. The quantitative estimate of drug-likeness (QED) is 0.583. The second-order valence-corrected chi connectivity index (χ2v) is 6.38. The largest absolute Gasteiger partial charge is 0.343 e. The van der Waals surface area contributed by atoms with Crippen molar-refractivity contribution >= 4 is 10.9 Å². The van der Waals surface area contributed by atoms with E-state index in [9.17, 15) is 4.39 Å². The van der Waals surface area contributed by atoms with E-state index >= 15 is 0 Å². The second kappa shape index (κ2) is 7.10. The summed E-state index contributed by atoms with van der Waals surface area (Å²) in [5.41, 5.74) is 11.0. The summed E-state index contributed by atoms with van der Waals surface area (Å²) in [6.45, 7) is 1.08. The SMILES string of the molecule is NCCc1cn(Cc2ccccc2F)c2cc(-c3ccncc3)ccc12. The van der Waals surface area contributed by atoms with Crippen LogP contribution in [0.25, 0.3) is 22.0 Å². The van der Waals surface area contributed by atoms with Gasteiger partial charge >= 0.3 is 0 Å². The molecule has 3 nitrogen and oxygen atoms in total. The maximum atomic E-state index is 14.1. The minimum atomic E-state index is -0.181. The van der Waals surface area contributed by atoms with Gasteiger partial charge < -0.3 is 10.3 Å². The van der Waals surface area contributed by atoms with E-state index in [4.69, 9.17) is 5.73 Å². The standard InChI is InChI=1S/C22H20FN3/c23-21-4-2-1-3-19(21)15-26-14-18(7-10-24)20-6-5-17(13-22(20)26)16-8-11-25-12-9-16/h1-6,8-9,11-14H,7,10,15,24H2. The zero-order valence-electron chi connectivity index (χ0n) is 14.4. The van der Waals surface area contributed by atoms with Crippen molar-refractivity contribution in [2.75, 3.05) is 6.54 Å². The molecule has 4 heteroatoms. The highest BCUT2D eigenvalue weighted by atomic mass is 19.1. The molecule has 0 fully saturated rings. The minimum Gasteiger partial charge on any atom is -0.343 e. The highest BCUT2D eigenvalue weighted by Gasteiger charge is 2.11. The van der Waals surface area contributed by atoms with Crippen LogP contribution >= 0.6 is 0 Å². The molecule has 0 aliphatic heterocycles. The van der Waals surface area contributed by atoms with Crippen molar-refractivity contribution < 1.29 is 4.39 Å². The van der Waals surface area contributed by atoms with Gasteiger partial charge in [0.05, 0.1) is 6.54 Å². The number of benzene rings is 2. The first-order valence-electron chi connectivity index (χ1n) is 8.72. The molecule has 0 saturated carbocycles. The van der Waals surface area contributed by atoms with Crippen LogP contribution in [0.1, 0.15) is 11.1 Å². The molecule has 0 amide bonds. The number of nitrogens with two attached hydrogens (primary N) is 1. The van der Waals surface area contributed by atoms with Crippen LogP contribution in [0.3, 0.4) is 0 Å². The summed E-state index contributed by atoms with van der Waals surface area (Å²) in [5.74, 6) is -0.181. The highest BCUT2D eigenvalue weighted by molar-refractivity contribution is 5.88. The number of hydrogen-bond donors (Lipinski definition) is 1. The first kappa shape index (κ1) is 16.5. The number of rotatable bonds is 5. The Morgan fingerprint density at radius 1 is 0.923 bits per heavy atom. The molecule has 4 rings (SSSR count). The molecule has 0 aliphatic carbocycles. The minimum absolute atomic E-state index is 0.181. The number of aromatic nitrogens is 2. The Kier molecular flexibility index (Phi) is 4.50. The van der Waals surface area contributed by atoms with Gasteiger partial charge in [0.25, 0.3) is 0 Å². The molecule has 0 radical (unpaired) electrons. The summed E-state index contributed by atoms with van der Waals surface area (Å²) in [7, 11) is 0. The maximum absolute atomic E-state index is 14.1. The van der Waals surface area contributed by atoms with Crippen LogP contribution in [0.15, 0.2) is 73.2 Å². The smallest absolute Gasteiger partial charge is 0.128 e. The average Bonchev–Trinajstić information content (AvgIpc) is 3.01. The third kappa shape index (κ3) is 3.11. The van der Waals surface area contributed by atoms with Crippen LogP contribution in [-0.4, -0.2) is 16.1 Å². The van der Waals surface area contributed by atoms with Crippen LogP contribution in [0.5, 0.6) is 0 Å². The Morgan fingerprint density at radius 3 is 2.50 bits per heavy atom. The number of hydrogen-bond acceptors (Lipinski definition) is 2. The van der Waals surface area contributed by atoms with E-state index in [2.05, 4.69) is 33.9 Å². The van der Waals surface area contributed by atoms with Gasteiger partial charge in [0, 0.05) is 35.1 Å². The lowest BCUT2D eigenvalue weighted by Gasteiger charge is -2.08. The summed E-state index contributed by atoms with van der Waals surface area (Å²) >= 11 is 0. The third-order valence-corrected chi connectivity index (χ3v) is 4.69. The van der Waals surface area contributed by atoms with Gasteiger partial charge in [-0.2, -0.15) is 0 Å². The van der Waals surface area contributed by atoms with Crippen molar-refractivity contribution in [2.24, 2.45) is 5.73 Å². The lowest BCUT2D eigenvalue weighted by molar-refractivity contribution is 0.602. The third-order valence-electron chi connectivity index (χ3n) is 4.69. The van der Waals surface area contributed by atoms with E-state index in [0.717, 1.165) is 23.1 Å². The van der Waals surface area contributed by atoms with Gasteiger partial charge in [0.2, 0.25) is 0 Å². The van der Waals surface area contributed by atoms with Crippen molar-refractivity contribution in [3.05, 3.63) is 90.1 Å². The monoisotopic (exact) mass is 345 g/mol. The Bertz CT molecular complexity index is 1040. The summed E-state index contributed by atoms with van der Waals surface area (Å²) in [6.07, 6.45) is 6.48. The zero-order valence-corrected chi connectivity index (χ0v) is 14.4. The molecule has 4 aromatic rings. The second-order valence-electron chi connectivity index (χ2n) is 6.38. The van der Waals surface area contributed by atoms with Crippen molar-refractivity contribution in [1.82, 2.24) is 9.55 Å². The van der Waals surface area contributed by atoms with Crippen LogP contribution in [0.4, 0.5) is 4.39 Å². The first-order chi connectivity index (χ1) is 12.8. The summed E-state index contributed by atoms with van der Waals surface area (Å²) in [6, 6.07) is 17.3. The molecule has 0 bridgehead atoms. The predicted molar refractivity (Wildman–Crippen MR) is 103 cm³/mol. The Balaban J connectivity index is 1.84. The molecular weight excluding hydrogens is 325 g/mol. The van der Waals surface area contributed by atoms with Gasteiger partial charge in [-0.1, -0.05) is 30.3 Å². The molecule has 2 aromatic heterocycles. The topological polar surface area (TPSA) is 43.8 Å². The Morgan fingerprint density at radius 2 is 1.73 bits per heavy atom. The first-order valence-corrected chi connectivity index (χ1v) is 8.72. The van der Waals surface area contributed by atoms with Crippen LogP contribution < -0.4 is 5.73 Å². The molecule has 2 heterocycles. The van der Waals surface area contributed by atoms with Gasteiger partial charge in [-0.25, -0.2) is 4.39 Å². The molecule has 26 heavy (non-hydrogen) atoms. The maximum Gasteiger partial charge on any atom is 0.128 e. The van der Waals surface area contributed by atoms with E-state index in [1.807, 2.05) is 24.3 Å². The fourth-order valence-electron chi connectivity index (χ4n) is 3.39. The van der Waals surface area contributed by atoms with Crippen LogP contribution in [-0.2, 0) is 13.0 Å². The molecule has 2 N–H and O–H groups in total. The van der Waals surface area contributed by atoms with Gasteiger partial charge in [-0.05, 0) is 53.9 Å². The lowest BCUT2D eigenvalue weighted by Crippen LogP contribution is -2.02. The van der Waals surface area contributed by atoms with Crippen molar-refractivity contribution in [3.63, 3.8) is 0 Å². The van der Waals surface area contributed by atoms with Gasteiger partial charge in [-0.15, -0.1) is 0 Å². The molecule has 2 aromatic carbocycles. The average molecular weight is 345 g/mol. The van der Waals surface area contributed by atoms with Gasteiger partial charge in [-0.3, -0.25) is 4.98 Å². The van der Waals surface area contributed by atoms with Crippen LogP contribution in [0.2, 0.25) is 0 Å². The number of halogens is 1. The Labute approximate surface area is 151 Å².